The first kappa shape index (κ1) is 23.6. The van der Waals surface area contributed by atoms with Crippen LogP contribution in [-0.4, -0.2) is 55.0 Å². The molecule has 0 fully saturated rings. The molecule has 3 amide bonds. The van der Waals surface area contributed by atoms with Gasteiger partial charge in [0.1, 0.15) is 0 Å². The molecular formula is C23H27N3O5S. The summed E-state index contributed by atoms with van der Waals surface area (Å²) in [6, 6.07) is 12.9. The standard InChI is InChI=1S/C23H27N3O5S/c1-16(2)25(3)32(30,31)18-12-10-17(11-13-18)15-24-21(27)9-6-14-26-22(28)19-7-4-5-8-20(19)23(26)29/h4-5,7-8,10-13,16H,6,9,14-15H2,1-3H3,(H,24,27). The highest BCUT2D eigenvalue weighted by Crippen LogP contribution is 2.22. The van der Waals surface area contributed by atoms with Crippen LogP contribution in [0.25, 0.3) is 0 Å². The summed E-state index contributed by atoms with van der Waals surface area (Å²) in [4.78, 5) is 38.2. The first-order chi connectivity index (χ1) is 15.1. The van der Waals surface area contributed by atoms with Gasteiger partial charge in [-0.3, -0.25) is 19.3 Å². The molecule has 1 N–H and O–H groups in total. The molecule has 3 rings (SSSR count). The summed E-state index contributed by atoms with van der Waals surface area (Å²) in [5.41, 5.74) is 1.56. The Morgan fingerprint density at radius 3 is 2.09 bits per heavy atom. The molecule has 8 nitrogen and oxygen atoms in total. The Kier molecular flexibility index (Phi) is 7.10. The number of nitrogens with zero attached hydrogens (tertiary/aromatic N) is 2. The van der Waals surface area contributed by atoms with Gasteiger partial charge in [0.15, 0.2) is 0 Å². The van der Waals surface area contributed by atoms with Crippen molar-refractivity contribution in [2.24, 2.45) is 0 Å². The predicted molar refractivity (Wildman–Crippen MR) is 119 cm³/mol. The molecule has 2 aromatic rings. The van der Waals surface area contributed by atoms with Crippen LogP contribution in [0.4, 0.5) is 0 Å². The molecule has 0 saturated heterocycles. The van der Waals surface area contributed by atoms with E-state index in [1.807, 2.05) is 0 Å². The molecule has 0 aliphatic carbocycles. The quantitative estimate of drug-likeness (QED) is 0.583. The van der Waals surface area contributed by atoms with Crippen LogP contribution in [0.15, 0.2) is 53.4 Å². The molecule has 1 aliphatic heterocycles. The zero-order valence-electron chi connectivity index (χ0n) is 18.4. The lowest BCUT2D eigenvalue weighted by molar-refractivity contribution is -0.121. The fourth-order valence-corrected chi connectivity index (χ4v) is 4.72. The Morgan fingerprint density at radius 1 is 1.00 bits per heavy atom. The van der Waals surface area contributed by atoms with E-state index in [9.17, 15) is 22.8 Å². The monoisotopic (exact) mass is 457 g/mol. The number of fused-ring (bicyclic) bond motifs is 1. The third kappa shape index (κ3) is 4.89. The zero-order valence-corrected chi connectivity index (χ0v) is 19.2. The van der Waals surface area contributed by atoms with E-state index in [1.54, 1.807) is 50.2 Å². The fourth-order valence-electron chi connectivity index (χ4n) is 3.35. The van der Waals surface area contributed by atoms with Crippen LogP contribution in [0.2, 0.25) is 0 Å². The van der Waals surface area contributed by atoms with Gasteiger partial charge in [0.25, 0.3) is 11.8 Å². The number of imide groups is 1. The van der Waals surface area contributed by atoms with Gasteiger partial charge < -0.3 is 5.32 Å². The normalized spacial score (nSPS) is 13.7. The molecular weight excluding hydrogens is 430 g/mol. The largest absolute Gasteiger partial charge is 0.352 e. The molecule has 170 valence electrons. The van der Waals surface area contributed by atoms with Crippen LogP contribution in [-0.2, 0) is 21.4 Å². The lowest BCUT2D eigenvalue weighted by Crippen LogP contribution is -2.33. The summed E-state index contributed by atoms with van der Waals surface area (Å²) >= 11 is 0. The Morgan fingerprint density at radius 2 is 1.56 bits per heavy atom. The second-order valence-electron chi connectivity index (χ2n) is 7.95. The second kappa shape index (κ2) is 9.62. The van der Waals surface area contributed by atoms with E-state index in [-0.39, 0.29) is 48.2 Å². The van der Waals surface area contributed by atoms with Crippen LogP contribution in [0, 0.1) is 0 Å². The van der Waals surface area contributed by atoms with Gasteiger partial charge in [-0.05, 0) is 50.1 Å². The maximum absolute atomic E-state index is 12.5. The van der Waals surface area contributed by atoms with Gasteiger partial charge in [0, 0.05) is 32.6 Å². The Balaban J connectivity index is 1.47. The summed E-state index contributed by atoms with van der Waals surface area (Å²) in [5, 5.41) is 2.78. The van der Waals surface area contributed by atoms with Crippen molar-refractivity contribution in [2.75, 3.05) is 13.6 Å². The SMILES string of the molecule is CC(C)N(C)S(=O)(=O)c1ccc(CNC(=O)CCCN2C(=O)c3ccccc3C2=O)cc1. The van der Waals surface area contributed by atoms with Crippen LogP contribution < -0.4 is 5.32 Å². The molecule has 9 heteroatoms. The molecule has 1 aliphatic rings. The van der Waals surface area contributed by atoms with Crippen LogP contribution in [0.5, 0.6) is 0 Å². The summed E-state index contributed by atoms with van der Waals surface area (Å²) < 4.78 is 26.3. The van der Waals surface area contributed by atoms with Gasteiger partial charge >= 0.3 is 0 Å². The molecule has 0 bridgehead atoms. The Bertz CT molecular complexity index is 1090. The minimum Gasteiger partial charge on any atom is -0.352 e. The number of carbonyl (C=O) groups is 3. The molecule has 0 atom stereocenters. The Labute approximate surface area is 188 Å². The van der Waals surface area contributed by atoms with Crippen LogP contribution in [0.1, 0.15) is 53.0 Å². The summed E-state index contributed by atoms with van der Waals surface area (Å²) in [6.45, 7) is 4.04. The maximum atomic E-state index is 12.5. The molecule has 0 unspecified atom stereocenters. The van der Waals surface area contributed by atoms with Crippen molar-refractivity contribution in [2.45, 2.75) is 44.2 Å². The van der Waals surface area contributed by atoms with E-state index in [0.717, 1.165) is 5.56 Å². The van der Waals surface area contributed by atoms with Crippen molar-refractivity contribution >= 4 is 27.7 Å². The minimum absolute atomic E-state index is 0.153. The average Bonchev–Trinajstić information content (AvgIpc) is 3.02. The average molecular weight is 458 g/mol. The van der Waals surface area contributed by atoms with Gasteiger partial charge in [-0.2, -0.15) is 4.31 Å². The number of nitrogens with one attached hydrogen (secondary N) is 1. The predicted octanol–water partition coefficient (Wildman–Crippen LogP) is 2.41. The number of sulfonamides is 1. The van der Waals surface area contributed by atoms with Crippen molar-refractivity contribution in [3.8, 4) is 0 Å². The first-order valence-electron chi connectivity index (χ1n) is 10.4. The Hall–Kier alpha value is -3.04. The molecule has 32 heavy (non-hydrogen) atoms. The van der Waals surface area contributed by atoms with Gasteiger partial charge in [-0.25, -0.2) is 8.42 Å². The molecule has 2 aromatic carbocycles. The van der Waals surface area contributed by atoms with E-state index in [0.29, 0.717) is 17.5 Å². The van der Waals surface area contributed by atoms with Gasteiger partial charge in [-0.1, -0.05) is 24.3 Å². The maximum Gasteiger partial charge on any atom is 0.261 e. The van der Waals surface area contributed by atoms with E-state index in [2.05, 4.69) is 5.32 Å². The lowest BCUT2D eigenvalue weighted by Gasteiger charge is -2.21. The zero-order chi connectivity index (χ0) is 23.5. The summed E-state index contributed by atoms with van der Waals surface area (Å²) in [7, 11) is -2.01. The number of hydrogen-bond acceptors (Lipinski definition) is 5. The van der Waals surface area contributed by atoms with Crippen molar-refractivity contribution in [3.63, 3.8) is 0 Å². The van der Waals surface area contributed by atoms with Crippen molar-refractivity contribution in [1.82, 2.24) is 14.5 Å². The van der Waals surface area contributed by atoms with E-state index < -0.39 is 10.0 Å². The third-order valence-corrected chi connectivity index (χ3v) is 7.53. The van der Waals surface area contributed by atoms with Crippen LogP contribution in [0.3, 0.4) is 0 Å². The smallest absolute Gasteiger partial charge is 0.261 e. The molecule has 0 spiro atoms. The number of carbonyl (C=O) groups excluding carboxylic acids is 3. The molecule has 0 aromatic heterocycles. The van der Waals surface area contributed by atoms with Crippen molar-refractivity contribution in [1.29, 1.82) is 0 Å². The van der Waals surface area contributed by atoms with E-state index >= 15 is 0 Å². The van der Waals surface area contributed by atoms with Crippen molar-refractivity contribution in [3.05, 3.63) is 65.2 Å². The summed E-state index contributed by atoms with van der Waals surface area (Å²) in [5.74, 6) is -0.869. The van der Waals surface area contributed by atoms with Gasteiger partial charge in [-0.15, -0.1) is 0 Å². The van der Waals surface area contributed by atoms with E-state index in [1.165, 1.54) is 28.4 Å². The number of rotatable bonds is 9. The highest BCUT2D eigenvalue weighted by molar-refractivity contribution is 7.89. The lowest BCUT2D eigenvalue weighted by atomic mass is 10.1. The number of benzene rings is 2. The number of hydrogen-bond donors (Lipinski definition) is 1. The molecule has 0 saturated carbocycles. The van der Waals surface area contributed by atoms with Crippen molar-refractivity contribution < 1.29 is 22.8 Å². The number of amides is 3. The van der Waals surface area contributed by atoms with E-state index in [4.69, 9.17) is 0 Å². The minimum atomic E-state index is -3.55. The fraction of sp³-hybridized carbons (Fsp3) is 0.348. The van der Waals surface area contributed by atoms with Gasteiger partial charge in [0.2, 0.25) is 15.9 Å². The topological polar surface area (TPSA) is 104 Å². The van der Waals surface area contributed by atoms with Gasteiger partial charge in [0.05, 0.1) is 16.0 Å². The third-order valence-electron chi connectivity index (χ3n) is 5.48. The summed E-state index contributed by atoms with van der Waals surface area (Å²) in [6.07, 6.45) is 0.523. The first-order valence-corrected chi connectivity index (χ1v) is 11.9. The highest BCUT2D eigenvalue weighted by Gasteiger charge is 2.34. The molecule has 1 heterocycles. The van der Waals surface area contributed by atoms with Crippen LogP contribution >= 0.6 is 0 Å². The molecule has 0 radical (unpaired) electrons. The highest BCUT2D eigenvalue weighted by atomic mass is 32.2. The second-order valence-corrected chi connectivity index (χ2v) is 9.94.